The van der Waals surface area contributed by atoms with Gasteiger partial charge in [0.25, 0.3) is 0 Å². The van der Waals surface area contributed by atoms with Crippen molar-refractivity contribution in [2.45, 2.75) is 17.2 Å². The van der Waals surface area contributed by atoms with Crippen LogP contribution in [0.4, 0.5) is 0 Å². The molecule has 1 aliphatic carbocycles. The zero-order chi connectivity index (χ0) is 11.1. The van der Waals surface area contributed by atoms with Gasteiger partial charge in [-0.1, -0.05) is 12.1 Å². The molecule has 0 radical (unpaired) electrons. The van der Waals surface area contributed by atoms with E-state index in [-0.39, 0.29) is 0 Å². The molecule has 0 spiro atoms. The molecule has 0 unspecified atom stereocenters. The lowest BCUT2D eigenvalue weighted by molar-refractivity contribution is 0.601. The van der Waals surface area contributed by atoms with Crippen molar-refractivity contribution in [3.63, 3.8) is 0 Å². The molecule has 0 amide bonds. The van der Waals surface area contributed by atoms with Gasteiger partial charge in [-0.3, -0.25) is 0 Å². The van der Waals surface area contributed by atoms with Gasteiger partial charge in [-0.15, -0.1) is 0 Å². The third-order valence-electron chi connectivity index (χ3n) is 2.94. The number of hydrogen-bond donors (Lipinski definition) is 1. The van der Waals surface area contributed by atoms with Crippen molar-refractivity contribution in [1.82, 2.24) is 0 Å². The second-order valence-corrected chi connectivity index (χ2v) is 6.20. The van der Waals surface area contributed by atoms with Crippen molar-refractivity contribution in [2.75, 3.05) is 12.8 Å². The summed E-state index contributed by atoms with van der Waals surface area (Å²) in [5.74, 6) is 1.01. The number of hydrogen-bond acceptors (Lipinski definition) is 3. The molecule has 1 saturated carbocycles. The number of nitrogens with two attached hydrogens (primary N) is 1. The SMILES string of the molecule is CS(=O)(=O)c1cccc([C@@H]2C[C@H]2CN)c1. The molecule has 1 aromatic carbocycles. The monoisotopic (exact) mass is 225 g/mol. The fourth-order valence-corrected chi connectivity index (χ4v) is 2.57. The molecule has 1 aliphatic rings. The third kappa shape index (κ3) is 2.21. The zero-order valence-electron chi connectivity index (χ0n) is 8.68. The molecular weight excluding hydrogens is 210 g/mol. The summed E-state index contributed by atoms with van der Waals surface area (Å²) >= 11 is 0. The summed E-state index contributed by atoms with van der Waals surface area (Å²) in [6.45, 7) is 0.688. The normalized spacial score (nSPS) is 25.2. The Hall–Kier alpha value is -0.870. The Morgan fingerprint density at radius 1 is 1.47 bits per heavy atom. The highest BCUT2D eigenvalue weighted by Gasteiger charge is 2.37. The van der Waals surface area contributed by atoms with E-state index in [9.17, 15) is 8.42 Å². The topological polar surface area (TPSA) is 60.2 Å². The summed E-state index contributed by atoms with van der Waals surface area (Å²) in [5.41, 5.74) is 6.67. The molecule has 2 atom stereocenters. The van der Waals surface area contributed by atoms with Crippen molar-refractivity contribution in [3.8, 4) is 0 Å². The Labute approximate surface area is 90.2 Å². The maximum atomic E-state index is 11.4. The minimum absolute atomic E-state index is 0.405. The summed E-state index contributed by atoms with van der Waals surface area (Å²) in [4.78, 5) is 0.405. The first-order valence-corrected chi connectivity index (χ1v) is 6.91. The average molecular weight is 225 g/mol. The van der Waals surface area contributed by atoms with Crippen LogP contribution in [-0.4, -0.2) is 21.2 Å². The standard InChI is InChI=1S/C11H15NO2S/c1-15(13,14)10-4-2-3-8(5-10)11-6-9(11)7-12/h2-5,9,11H,6-7,12H2,1H3/t9-,11-/m0/s1. The smallest absolute Gasteiger partial charge is 0.175 e. The van der Waals surface area contributed by atoms with Crippen molar-refractivity contribution in [2.24, 2.45) is 11.7 Å². The molecule has 3 nitrogen and oxygen atoms in total. The predicted octanol–water partition coefficient (Wildman–Crippen LogP) is 1.15. The van der Waals surface area contributed by atoms with Crippen LogP contribution in [0.1, 0.15) is 17.9 Å². The summed E-state index contributed by atoms with van der Waals surface area (Å²) in [5, 5.41) is 0. The van der Waals surface area contributed by atoms with Crippen LogP contribution in [-0.2, 0) is 9.84 Å². The van der Waals surface area contributed by atoms with Gasteiger partial charge in [-0.05, 0) is 42.5 Å². The van der Waals surface area contributed by atoms with Gasteiger partial charge >= 0.3 is 0 Å². The quantitative estimate of drug-likeness (QED) is 0.839. The van der Waals surface area contributed by atoms with E-state index >= 15 is 0 Å². The molecule has 82 valence electrons. The van der Waals surface area contributed by atoms with Crippen molar-refractivity contribution in [1.29, 1.82) is 0 Å². The van der Waals surface area contributed by atoms with Crippen LogP contribution in [0.3, 0.4) is 0 Å². The van der Waals surface area contributed by atoms with Crippen LogP contribution in [0.15, 0.2) is 29.2 Å². The fourth-order valence-electron chi connectivity index (χ4n) is 1.89. The van der Waals surface area contributed by atoms with E-state index in [0.717, 1.165) is 12.0 Å². The molecular formula is C11H15NO2S. The molecule has 15 heavy (non-hydrogen) atoms. The van der Waals surface area contributed by atoms with Crippen LogP contribution in [0.25, 0.3) is 0 Å². The molecule has 0 saturated heterocycles. The minimum Gasteiger partial charge on any atom is -0.330 e. The lowest BCUT2D eigenvalue weighted by Gasteiger charge is -2.02. The first kappa shape index (κ1) is 10.6. The Morgan fingerprint density at radius 3 is 2.73 bits per heavy atom. The van der Waals surface area contributed by atoms with E-state index in [2.05, 4.69) is 0 Å². The van der Waals surface area contributed by atoms with Gasteiger partial charge in [-0.2, -0.15) is 0 Å². The van der Waals surface area contributed by atoms with E-state index in [1.165, 1.54) is 6.26 Å². The fraction of sp³-hybridized carbons (Fsp3) is 0.455. The molecule has 4 heteroatoms. The van der Waals surface area contributed by atoms with Crippen LogP contribution in [0, 0.1) is 5.92 Å². The number of benzene rings is 1. The van der Waals surface area contributed by atoms with Gasteiger partial charge in [0.2, 0.25) is 0 Å². The summed E-state index contributed by atoms with van der Waals surface area (Å²) in [6.07, 6.45) is 2.32. The van der Waals surface area contributed by atoms with Gasteiger partial charge in [0.1, 0.15) is 0 Å². The molecule has 0 heterocycles. The van der Waals surface area contributed by atoms with Gasteiger partial charge in [0.15, 0.2) is 9.84 Å². The molecule has 2 N–H and O–H groups in total. The summed E-state index contributed by atoms with van der Waals surface area (Å²) in [7, 11) is -3.09. The van der Waals surface area contributed by atoms with E-state index in [0.29, 0.717) is 23.3 Å². The second-order valence-electron chi connectivity index (χ2n) is 4.18. The van der Waals surface area contributed by atoms with Crippen LogP contribution < -0.4 is 5.73 Å². The lowest BCUT2D eigenvalue weighted by atomic mass is 10.1. The van der Waals surface area contributed by atoms with Gasteiger partial charge in [0.05, 0.1) is 4.90 Å². The second kappa shape index (κ2) is 3.61. The lowest BCUT2D eigenvalue weighted by Crippen LogP contribution is -2.02. The molecule has 0 aliphatic heterocycles. The molecule has 1 fully saturated rings. The maximum Gasteiger partial charge on any atom is 0.175 e. The van der Waals surface area contributed by atoms with E-state index in [4.69, 9.17) is 5.73 Å². The van der Waals surface area contributed by atoms with Gasteiger partial charge in [-0.25, -0.2) is 8.42 Å². The highest BCUT2D eigenvalue weighted by Crippen LogP contribution is 2.46. The van der Waals surface area contributed by atoms with E-state index < -0.39 is 9.84 Å². The minimum atomic E-state index is -3.09. The van der Waals surface area contributed by atoms with Crippen LogP contribution in [0.5, 0.6) is 0 Å². The Kier molecular flexibility index (Phi) is 2.56. The van der Waals surface area contributed by atoms with Gasteiger partial charge < -0.3 is 5.73 Å². The highest BCUT2D eigenvalue weighted by molar-refractivity contribution is 7.90. The van der Waals surface area contributed by atoms with Crippen LogP contribution >= 0.6 is 0 Å². The van der Waals surface area contributed by atoms with E-state index in [1.54, 1.807) is 18.2 Å². The zero-order valence-corrected chi connectivity index (χ0v) is 9.50. The largest absolute Gasteiger partial charge is 0.330 e. The Bertz CT molecular complexity index is 467. The average Bonchev–Trinajstić information content (AvgIpc) is 2.95. The third-order valence-corrected chi connectivity index (χ3v) is 4.05. The summed E-state index contributed by atoms with van der Waals surface area (Å²) in [6, 6.07) is 7.20. The Morgan fingerprint density at radius 2 is 2.20 bits per heavy atom. The van der Waals surface area contributed by atoms with Crippen molar-refractivity contribution >= 4 is 9.84 Å². The predicted molar refractivity (Wildman–Crippen MR) is 59.5 cm³/mol. The Balaban J connectivity index is 2.29. The van der Waals surface area contributed by atoms with Crippen molar-refractivity contribution < 1.29 is 8.42 Å². The number of sulfone groups is 1. The van der Waals surface area contributed by atoms with Crippen molar-refractivity contribution in [3.05, 3.63) is 29.8 Å². The van der Waals surface area contributed by atoms with Crippen LogP contribution in [0.2, 0.25) is 0 Å². The van der Waals surface area contributed by atoms with Gasteiger partial charge in [0, 0.05) is 6.26 Å². The van der Waals surface area contributed by atoms with E-state index in [1.807, 2.05) is 6.07 Å². The summed E-state index contributed by atoms with van der Waals surface area (Å²) < 4.78 is 22.7. The molecule has 0 bridgehead atoms. The first-order chi connectivity index (χ1) is 7.02. The maximum absolute atomic E-state index is 11.4. The highest BCUT2D eigenvalue weighted by atomic mass is 32.2. The number of rotatable bonds is 3. The molecule has 2 rings (SSSR count). The first-order valence-electron chi connectivity index (χ1n) is 5.02. The molecule has 1 aromatic rings. The molecule has 0 aromatic heterocycles.